The summed E-state index contributed by atoms with van der Waals surface area (Å²) in [6.07, 6.45) is 7.03. The molecule has 0 spiro atoms. The van der Waals surface area contributed by atoms with E-state index in [-0.39, 0.29) is 5.92 Å². The number of benzene rings is 1. The second kappa shape index (κ2) is 8.19. The fourth-order valence-electron chi connectivity index (χ4n) is 3.92. The van der Waals surface area contributed by atoms with E-state index in [4.69, 9.17) is 5.73 Å². The lowest BCUT2D eigenvalue weighted by atomic mass is 9.66. The number of nitrogens with two attached hydrogens (primary N) is 1. The van der Waals surface area contributed by atoms with Crippen molar-refractivity contribution in [2.45, 2.75) is 56.5 Å². The molecule has 6 heteroatoms. The zero-order chi connectivity index (χ0) is 18.6. The monoisotopic (exact) mass is 353 g/mol. The number of rotatable bonds is 9. The molecule has 1 unspecified atom stereocenters. The first kappa shape index (κ1) is 18.9. The Morgan fingerprint density at radius 1 is 1.31 bits per heavy atom. The molecule has 4 N–H and O–H groups in total. The van der Waals surface area contributed by atoms with Crippen molar-refractivity contribution in [3.8, 4) is 0 Å². The molecule has 1 aliphatic carbocycles. The first-order valence-corrected chi connectivity index (χ1v) is 9.63. The highest BCUT2D eigenvalue weighted by Gasteiger charge is 2.47. The predicted molar refractivity (Wildman–Crippen MR) is 107 cm³/mol. The molecule has 1 aromatic carbocycles. The molecule has 1 saturated carbocycles. The number of aromatic nitrogens is 1. The van der Waals surface area contributed by atoms with E-state index in [0.717, 1.165) is 49.5 Å². The third-order valence-corrected chi connectivity index (χ3v) is 5.76. The highest BCUT2D eigenvalue weighted by atomic mass is 16.4. The third kappa shape index (κ3) is 3.91. The molecule has 26 heavy (non-hydrogen) atoms. The lowest BCUT2D eigenvalue weighted by molar-refractivity contribution is -0.148. The highest BCUT2D eigenvalue weighted by Crippen LogP contribution is 2.38. The van der Waals surface area contributed by atoms with Crippen LogP contribution in [0, 0.1) is 5.92 Å². The number of carbonyl (C=O) groups is 1. The molecule has 1 aromatic heterocycles. The van der Waals surface area contributed by atoms with Crippen LogP contribution in [0.4, 0.5) is 0 Å². The van der Waals surface area contributed by atoms with Gasteiger partial charge in [0.25, 0.3) is 0 Å². The van der Waals surface area contributed by atoms with Gasteiger partial charge in [-0.2, -0.15) is 0 Å². The van der Waals surface area contributed by atoms with E-state index in [1.54, 1.807) is 0 Å². The zero-order valence-corrected chi connectivity index (χ0v) is 15.4. The van der Waals surface area contributed by atoms with Crippen LogP contribution in [0.25, 0.3) is 10.9 Å². The van der Waals surface area contributed by atoms with Crippen molar-refractivity contribution in [1.29, 1.82) is 0 Å². The van der Waals surface area contributed by atoms with Crippen LogP contribution in [0.1, 0.15) is 37.7 Å². The first-order valence-electron chi connectivity index (χ1n) is 9.63. The van der Waals surface area contributed by atoms with Gasteiger partial charge in [0, 0.05) is 24.2 Å². The van der Waals surface area contributed by atoms with Gasteiger partial charge < -0.3 is 16.2 Å². The molecule has 0 bridgehead atoms. The van der Waals surface area contributed by atoms with Gasteiger partial charge in [0.2, 0.25) is 0 Å². The Bertz CT molecular complexity index is 758. The minimum atomic E-state index is -1.08. The second-order valence-corrected chi connectivity index (χ2v) is 7.54. The number of hydrogen-bond acceptors (Lipinski definition) is 4. The van der Waals surface area contributed by atoms with Crippen LogP contribution < -0.4 is 11.1 Å². The summed E-state index contributed by atoms with van der Waals surface area (Å²) in [6.45, 7) is 0.742. The summed E-state index contributed by atoms with van der Waals surface area (Å²) in [5.41, 5.74) is 7.42. The van der Waals surface area contributed by atoms with Crippen molar-refractivity contribution in [2.75, 3.05) is 0 Å². The zero-order valence-electron chi connectivity index (χ0n) is 15.4. The smallest absolute Gasteiger partial charge is 0.323 e. The van der Waals surface area contributed by atoms with E-state index >= 15 is 0 Å². The van der Waals surface area contributed by atoms with Gasteiger partial charge in [-0.3, -0.25) is 9.78 Å². The summed E-state index contributed by atoms with van der Waals surface area (Å²) < 4.78 is 0. The number of carboxylic acids is 1. The Hall–Kier alpha value is -1.92. The van der Waals surface area contributed by atoms with Crippen LogP contribution in [-0.4, -0.2) is 35.5 Å². The summed E-state index contributed by atoms with van der Waals surface area (Å²) in [4.78, 5) is 16.2. The molecule has 2 aromatic rings. The second-order valence-electron chi connectivity index (χ2n) is 7.54. The molecule has 0 saturated heterocycles. The SMILES string of the molecule is BCCCCC(N)(C(=O)O)[C@H]1C[C@@H](NCc2cccc3cccnc23)C1. The summed E-state index contributed by atoms with van der Waals surface area (Å²) in [6, 6.07) is 10.5. The van der Waals surface area contributed by atoms with Crippen LogP contribution >= 0.6 is 0 Å². The van der Waals surface area contributed by atoms with Crippen molar-refractivity contribution >= 4 is 24.7 Å². The largest absolute Gasteiger partial charge is 0.480 e. The summed E-state index contributed by atoms with van der Waals surface area (Å²) in [5.74, 6) is -0.796. The lowest BCUT2D eigenvalue weighted by Gasteiger charge is -2.45. The summed E-state index contributed by atoms with van der Waals surface area (Å²) in [7, 11) is 2.12. The van der Waals surface area contributed by atoms with Crippen LogP contribution in [0.5, 0.6) is 0 Å². The van der Waals surface area contributed by atoms with Crippen molar-refractivity contribution < 1.29 is 9.90 Å². The molecule has 138 valence electrons. The third-order valence-electron chi connectivity index (χ3n) is 5.76. The number of pyridine rings is 1. The first-order chi connectivity index (χ1) is 12.5. The van der Waals surface area contributed by atoms with Crippen LogP contribution in [0.2, 0.25) is 6.32 Å². The molecule has 3 rings (SSSR count). The van der Waals surface area contributed by atoms with E-state index in [9.17, 15) is 9.90 Å². The molecular formula is C20H28BN3O2. The van der Waals surface area contributed by atoms with Gasteiger partial charge in [-0.15, -0.1) is 0 Å². The fourth-order valence-corrected chi connectivity index (χ4v) is 3.92. The standard InChI is InChI=1S/C20H28BN3O2/c21-9-2-1-8-20(22,19(25)26)16-11-17(12-16)24-13-15-6-3-5-14-7-4-10-23-18(14)15/h3-7,10,16-17,24H,1-2,8-9,11-13,21-22H2,(H,25,26)/t16-,17+,20?. The minimum absolute atomic E-state index is 0.0556. The van der Waals surface area contributed by atoms with Gasteiger partial charge in [-0.05, 0) is 36.8 Å². The molecule has 1 heterocycles. The maximum absolute atomic E-state index is 11.7. The molecule has 5 nitrogen and oxygen atoms in total. The molecule has 1 aliphatic rings. The molecular weight excluding hydrogens is 325 g/mol. The summed E-state index contributed by atoms with van der Waals surface area (Å²) >= 11 is 0. The number of para-hydroxylation sites is 1. The highest BCUT2D eigenvalue weighted by molar-refractivity contribution is 6.08. The Balaban J connectivity index is 1.55. The van der Waals surface area contributed by atoms with Gasteiger partial charge >= 0.3 is 5.97 Å². The molecule has 0 amide bonds. The number of nitrogens with one attached hydrogen (secondary N) is 1. The Kier molecular flexibility index (Phi) is 5.94. The normalized spacial score (nSPS) is 21.9. The number of aliphatic carboxylic acids is 1. The van der Waals surface area contributed by atoms with Crippen LogP contribution in [0.15, 0.2) is 36.5 Å². The molecule has 1 atom stereocenters. The number of unbranched alkanes of at least 4 members (excludes halogenated alkanes) is 1. The maximum atomic E-state index is 11.7. The lowest BCUT2D eigenvalue weighted by Crippen LogP contribution is -2.61. The van der Waals surface area contributed by atoms with Crippen LogP contribution in [0.3, 0.4) is 0 Å². The predicted octanol–water partition coefficient (Wildman–Crippen LogP) is 2.11. The van der Waals surface area contributed by atoms with Crippen molar-refractivity contribution in [1.82, 2.24) is 10.3 Å². The minimum Gasteiger partial charge on any atom is -0.480 e. The maximum Gasteiger partial charge on any atom is 0.323 e. The van der Waals surface area contributed by atoms with Gasteiger partial charge in [0.05, 0.1) is 5.52 Å². The van der Waals surface area contributed by atoms with E-state index in [1.165, 1.54) is 5.56 Å². The molecule has 0 aliphatic heterocycles. The number of hydrogen-bond donors (Lipinski definition) is 3. The molecule has 0 radical (unpaired) electrons. The quantitative estimate of drug-likeness (QED) is 0.475. The Morgan fingerprint density at radius 2 is 2.08 bits per heavy atom. The average Bonchev–Trinajstić information content (AvgIpc) is 2.60. The van der Waals surface area contributed by atoms with Crippen molar-refractivity contribution in [3.05, 3.63) is 42.1 Å². The van der Waals surface area contributed by atoms with Gasteiger partial charge in [0.1, 0.15) is 13.4 Å². The van der Waals surface area contributed by atoms with Crippen LogP contribution in [-0.2, 0) is 11.3 Å². The van der Waals surface area contributed by atoms with Gasteiger partial charge in [-0.1, -0.05) is 43.4 Å². The van der Waals surface area contributed by atoms with Crippen molar-refractivity contribution in [3.63, 3.8) is 0 Å². The Labute approximate surface area is 155 Å². The van der Waals surface area contributed by atoms with E-state index < -0.39 is 11.5 Å². The number of nitrogens with zero attached hydrogens (tertiary/aromatic N) is 1. The molecule has 1 fully saturated rings. The van der Waals surface area contributed by atoms with E-state index in [1.807, 2.05) is 18.3 Å². The average molecular weight is 353 g/mol. The fraction of sp³-hybridized carbons (Fsp3) is 0.500. The number of fused-ring (bicyclic) bond motifs is 1. The van der Waals surface area contributed by atoms with E-state index in [2.05, 4.69) is 36.3 Å². The topological polar surface area (TPSA) is 88.2 Å². The van der Waals surface area contributed by atoms with Gasteiger partial charge in [-0.25, -0.2) is 0 Å². The van der Waals surface area contributed by atoms with Gasteiger partial charge in [0.15, 0.2) is 0 Å². The van der Waals surface area contributed by atoms with E-state index in [0.29, 0.717) is 12.5 Å². The summed E-state index contributed by atoms with van der Waals surface area (Å²) in [5, 5.41) is 14.3. The van der Waals surface area contributed by atoms with Crippen molar-refractivity contribution in [2.24, 2.45) is 11.7 Å². The Morgan fingerprint density at radius 3 is 2.81 bits per heavy atom. The number of carboxylic acid groups (broad SMARTS) is 1.